The van der Waals surface area contributed by atoms with Crippen LogP contribution in [0.25, 0.3) is 16.8 Å². The Morgan fingerprint density at radius 2 is 1.94 bits per heavy atom. The van der Waals surface area contributed by atoms with Crippen molar-refractivity contribution in [3.63, 3.8) is 0 Å². The summed E-state index contributed by atoms with van der Waals surface area (Å²) in [6, 6.07) is 4.92. The number of hydrogen-bond donors (Lipinski definition) is 1. The number of nitrogens with one attached hydrogen (secondary N) is 1. The molecule has 0 aliphatic heterocycles. The van der Waals surface area contributed by atoms with Crippen LogP contribution >= 0.6 is 11.6 Å². The zero-order valence-electron chi connectivity index (χ0n) is 16.6. The number of halogens is 1. The molecule has 4 aromatic heterocycles. The molecule has 4 aromatic rings. The number of pyridine rings is 2. The van der Waals surface area contributed by atoms with Gasteiger partial charge in [0, 0.05) is 23.5 Å². The molecule has 0 spiro atoms. The van der Waals surface area contributed by atoms with Crippen molar-refractivity contribution < 1.29 is 17.7 Å². The summed E-state index contributed by atoms with van der Waals surface area (Å²) < 4.78 is 39.8. The number of methoxy groups -OCH3 is 1. The Kier molecular flexibility index (Phi) is 5.15. The van der Waals surface area contributed by atoms with Gasteiger partial charge in [-0.1, -0.05) is 16.8 Å². The lowest BCUT2D eigenvalue weighted by atomic mass is 10.1. The molecule has 0 saturated carbocycles. The van der Waals surface area contributed by atoms with Gasteiger partial charge in [-0.15, -0.1) is 0 Å². The number of aromatic nitrogens is 4. The van der Waals surface area contributed by atoms with Gasteiger partial charge in [0.2, 0.25) is 5.88 Å². The van der Waals surface area contributed by atoms with Crippen molar-refractivity contribution in [1.82, 2.24) is 19.5 Å². The molecule has 0 aliphatic carbocycles. The van der Waals surface area contributed by atoms with Crippen LogP contribution in [-0.4, -0.2) is 35.1 Å². The van der Waals surface area contributed by atoms with Gasteiger partial charge in [-0.2, -0.15) is 0 Å². The molecule has 1 N–H and O–H groups in total. The molecule has 31 heavy (non-hydrogen) atoms. The maximum Gasteiger partial charge on any atom is 0.276 e. The predicted molar refractivity (Wildman–Crippen MR) is 113 cm³/mol. The average Bonchev–Trinajstić information content (AvgIpc) is 3.09. The van der Waals surface area contributed by atoms with E-state index in [0.29, 0.717) is 16.8 Å². The van der Waals surface area contributed by atoms with E-state index in [-0.39, 0.29) is 32.9 Å². The van der Waals surface area contributed by atoms with E-state index in [9.17, 15) is 13.2 Å². The summed E-state index contributed by atoms with van der Waals surface area (Å²) in [6.07, 6.45) is 4.33. The van der Waals surface area contributed by atoms with Gasteiger partial charge >= 0.3 is 0 Å². The van der Waals surface area contributed by atoms with Gasteiger partial charge in [0.25, 0.3) is 15.6 Å². The molecule has 4 heterocycles. The highest BCUT2D eigenvalue weighted by Crippen LogP contribution is 2.31. The Balaban J connectivity index is 1.81. The molecule has 0 bridgehead atoms. The van der Waals surface area contributed by atoms with Gasteiger partial charge < -0.3 is 9.26 Å². The summed E-state index contributed by atoms with van der Waals surface area (Å²) in [5.74, 6) is 0.230. The van der Waals surface area contributed by atoms with Crippen molar-refractivity contribution in [2.24, 2.45) is 0 Å². The van der Waals surface area contributed by atoms with Gasteiger partial charge in [0.1, 0.15) is 22.1 Å². The Morgan fingerprint density at radius 3 is 2.61 bits per heavy atom. The molecular weight excluding hydrogens is 446 g/mol. The van der Waals surface area contributed by atoms with Crippen LogP contribution in [0.15, 0.2) is 51.0 Å². The molecule has 12 heteroatoms. The fourth-order valence-electron chi connectivity index (χ4n) is 3.12. The van der Waals surface area contributed by atoms with E-state index in [1.54, 1.807) is 24.4 Å². The first-order chi connectivity index (χ1) is 14.7. The van der Waals surface area contributed by atoms with E-state index in [4.69, 9.17) is 20.9 Å². The summed E-state index contributed by atoms with van der Waals surface area (Å²) in [6.45, 7) is 3.04. The molecule has 0 atom stereocenters. The number of ether oxygens (including phenoxy) is 1. The van der Waals surface area contributed by atoms with E-state index >= 15 is 0 Å². The van der Waals surface area contributed by atoms with E-state index in [1.807, 2.05) is 0 Å². The number of hydrogen-bond acceptors (Lipinski definition) is 8. The standard InChI is InChI=1S/C19H16ClN5O5S/c1-10-17(11(2)30-23-10)31(27,28)24-15-6-13(7-22-18(15)29-3)12-4-5-16-21-8-14(20)19(26)25(16)9-12/h4-9,24H,1-3H3. The summed E-state index contributed by atoms with van der Waals surface area (Å²) in [4.78, 5) is 20.5. The number of fused-ring (bicyclic) bond motifs is 1. The molecule has 4 rings (SSSR count). The molecule has 10 nitrogen and oxygen atoms in total. The second-order valence-corrected chi connectivity index (χ2v) is 8.62. The molecule has 0 aliphatic rings. The lowest BCUT2D eigenvalue weighted by Gasteiger charge is -2.13. The van der Waals surface area contributed by atoms with Crippen molar-refractivity contribution in [1.29, 1.82) is 0 Å². The maximum atomic E-state index is 12.9. The molecule has 0 fully saturated rings. The van der Waals surface area contributed by atoms with Crippen molar-refractivity contribution in [3.8, 4) is 17.0 Å². The van der Waals surface area contributed by atoms with Crippen molar-refractivity contribution >= 4 is 33.0 Å². The smallest absolute Gasteiger partial charge is 0.276 e. The largest absolute Gasteiger partial charge is 0.480 e. The number of sulfonamides is 1. The lowest BCUT2D eigenvalue weighted by molar-refractivity contribution is 0.390. The molecule has 0 saturated heterocycles. The minimum absolute atomic E-state index is 0.0181. The minimum Gasteiger partial charge on any atom is -0.480 e. The van der Waals surface area contributed by atoms with Crippen molar-refractivity contribution in [2.75, 3.05) is 11.8 Å². The second-order valence-electron chi connectivity index (χ2n) is 6.60. The van der Waals surface area contributed by atoms with Crippen molar-refractivity contribution in [2.45, 2.75) is 18.7 Å². The van der Waals surface area contributed by atoms with Crippen LogP contribution < -0.4 is 15.0 Å². The predicted octanol–water partition coefficient (Wildman–Crippen LogP) is 2.82. The zero-order chi connectivity index (χ0) is 22.3. The Morgan fingerprint density at radius 1 is 1.16 bits per heavy atom. The number of rotatable bonds is 5. The fraction of sp³-hybridized carbons (Fsp3) is 0.158. The van der Waals surface area contributed by atoms with Gasteiger partial charge in [0.05, 0.1) is 13.3 Å². The van der Waals surface area contributed by atoms with E-state index in [2.05, 4.69) is 19.8 Å². The molecule has 0 unspecified atom stereocenters. The van der Waals surface area contributed by atoms with Crippen LogP contribution in [0.4, 0.5) is 5.69 Å². The second kappa shape index (κ2) is 7.67. The Hall–Kier alpha value is -3.44. The van der Waals surface area contributed by atoms with Crippen LogP contribution in [0.3, 0.4) is 0 Å². The van der Waals surface area contributed by atoms with Gasteiger partial charge in [0.15, 0.2) is 10.7 Å². The zero-order valence-corrected chi connectivity index (χ0v) is 18.2. The van der Waals surface area contributed by atoms with Crippen LogP contribution in [-0.2, 0) is 10.0 Å². The Bertz CT molecular complexity index is 1460. The topological polar surface area (TPSA) is 129 Å². The first-order valence-corrected chi connectivity index (χ1v) is 10.7. The number of aryl methyl sites for hydroxylation is 2. The van der Waals surface area contributed by atoms with Crippen LogP contribution in [0.5, 0.6) is 5.88 Å². The van der Waals surface area contributed by atoms with Gasteiger partial charge in [-0.25, -0.2) is 18.4 Å². The summed E-state index contributed by atoms with van der Waals surface area (Å²) in [5.41, 5.74) is 1.45. The van der Waals surface area contributed by atoms with Crippen molar-refractivity contribution in [3.05, 3.63) is 63.6 Å². The van der Waals surface area contributed by atoms with Crippen LogP contribution in [0, 0.1) is 13.8 Å². The minimum atomic E-state index is -4.02. The van der Waals surface area contributed by atoms with Gasteiger partial charge in [-0.3, -0.25) is 13.9 Å². The highest BCUT2D eigenvalue weighted by molar-refractivity contribution is 7.92. The summed E-state index contributed by atoms with van der Waals surface area (Å²) >= 11 is 5.88. The molecule has 0 radical (unpaired) electrons. The molecule has 0 amide bonds. The molecular formula is C19H16ClN5O5S. The third-order valence-corrected chi connectivity index (χ3v) is 6.39. The lowest BCUT2D eigenvalue weighted by Crippen LogP contribution is -2.16. The summed E-state index contributed by atoms with van der Waals surface area (Å²) in [7, 11) is -2.64. The third kappa shape index (κ3) is 3.73. The van der Waals surface area contributed by atoms with Crippen LogP contribution in [0.2, 0.25) is 5.02 Å². The fourth-order valence-corrected chi connectivity index (χ4v) is 4.64. The number of nitrogens with zero attached hydrogens (tertiary/aromatic N) is 4. The van der Waals surface area contributed by atoms with Gasteiger partial charge in [-0.05, 0) is 32.0 Å². The molecule has 160 valence electrons. The summed E-state index contributed by atoms with van der Waals surface area (Å²) in [5, 5.41) is 3.67. The normalized spacial score (nSPS) is 11.6. The van der Waals surface area contributed by atoms with E-state index in [0.717, 1.165) is 0 Å². The average molecular weight is 462 g/mol. The highest BCUT2D eigenvalue weighted by atomic mass is 35.5. The third-order valence-electron chi connectivity index (χ3n) is 4.52. The van der Waals surface area contributed by atoms with E-state index < -0.39 is 15.6 Å². The SMILES string of the molecule is COc1ncc(-c2ccc3ncc(Cl)c(=O)n3c2)cc1NS(=O)(=O)c1c(C)noc1C. The highest BCUT2D eigenvalue weighted by Gasteiger charge is 2.26. The first-order valence-electron chi connectivity index (χ1n) is 8.88. The van der Waals surface area contributed by atoms with Crippen LogP contribution in [0.1, 0.15) is 11.5 Å². The first kappa shape index (κ1) is 20.8. The van der Waals surface area contributed by atoms with E-state index in [1.165, 1.54) is 37.8 Å². The number of anilines is 1. The monoisotopic (exact) mass is 461 g/mol. The molecule has 0 aromatic carbocycles. The Labute approximate surface area is 181 Å². The quantitative estimate of drug-likeness (QED) is 0.480. The maximum absolute atomic E-state index is 12.9.